The van der Waals surface area contributed by atoms with Gasteiger partial charge < -0.3 is 97.7 Å². The summed E-state index contributed by atoms with van der Waals surface area (Å²) in [6, 6.07) is -8.73. The molecule has 398 valence electrons. The lowest BCUT2D eigenvalue weighted by molar-refractivity contribution is -0.142. The minimum atomic E-state index is -1.57. The highest BCUT2D eigenvalue weighted by Crippen LogP contribution is 2.20. The van der Waals surface area contributed by atoms with E-state index in [1.807, 2.05) is 0 Å². The van der Waals surface area contributed by atoms with Gasteiger partial charge in [0.15, 0.2) is 5.96 Å². The van der Waals surface area contributed by atoms with E-state index in [4.69, 9.17) is 45.5 Å². The van der Waals surface area contributed by atoms with Gasteiger partial charge in [0.25, 0.3) is 5.91 Å². The maximum absolute atomic E-state index is 14.1. The first kappa shape index (κ1) is 60.3. The van der Waals surface area contributed by atoms with Crippen LogP contribution in [-0.2, 0) is 49.6 Å². The molecule has 1 saturated heterocycles. The van der Waals surface area contributed by atoms with Gasteiger partial charge in [-0.05, 0) is 90.8 Å². The number of nitrogens with two attached hydrogens (primary N) is 7. The molecule has 71 heavy (non-hydrogen) atoms. The number of aliphatic hydroxyl groups is 1. The number of H-pyrrole nitrogens is 1. The average molecular weight is 1010 g/mol. The highest BCUT2D eigenvalue weighted by molar-refractivity contribution is 6.00. The molecule has 2 rings (SSSR count). The van der Waals surface area contributed by atoms with E-state index < -0.39 is 115 Å². The standard InChI is InChI=1S/C42H75N19O10/c1-23(55-40(70)33(31(62)19-46)60-36(66)25(47)8-4-14-44)35(65)53-21-32(63)56-28(10-5-15-45)41(71)61-17-7-12-30(61)39(69)59-29(18-24-20-51-22-54-24)38(68)58-27(9-2-3-13-43)37(67)57-26(34(48)64)11-6-16-52-42(49)50/h11,20,22-23,25,27-31,33,62H,2-10,12-19,21,43-47H2,1H3,(H2,48,64)(H,51,54)(H,53,65)(H,55,70)(H,56,63)(H,57,67)(H,58,68)(H,59,69)(H,60,66)(H4,49,50,52)/b26-11-/t23-,25-,27-,28+,29?,30-,31-,33-/m0/s1. The van der Waals surface area contributed by atoms with Gasteiger partial charge in [-0.3, -0.25) is 48.6 Å². The second-order valence-electron chi connectivity index (χ2n) is 16.8. The summed E-state index contributed by atoms with van der Waals surface area (Å²) >= 11 is 0. The predicted molar refractivity (Wildman–Crippen MR) is 258 cm³/mol. The monoisotopic (exact) mass is 1010 g/mol. The Hall–Kier alpha value is -6.79. The van der Waals surface area contributed by atoms with E-state index in [1.165, 1.54) is 30.4 Å². The molecule has 0 saturated carbocycles. The summed E-state index contributed by atoms with van der Waals surface area (Å²) in [6.07, 6.45) is 5.18. The van der Waals surface area contributed by atoms with Crippen molar-refractivity contribution in [3.05, 3.63) is 30.0 Å². The molecule has 0 aliphatic carbocycles. The highest BCUT2D eigenvalue weighted by Gasteiger charge is 2.39. The number of imidazole rings is 1. The van der Waals surface area contributed by atoms with Gasteiger partial charge in [-0.15, -0.1) is 0 Å². The van der Waals surface area contributed by atoms with E-state index in [1.54, 1.807) is 0 Å². The third-order valence-electron chi connectivity index (χ3n) is 11.1. The van der Waals surface area contributed by atoms with Gasteiger partial charge in [0.2, 0.25) is 47.3 Å². The van der Waals surface area contributed by atoms with Crippen LogP contribution in [0.4, 0.5) is 0 Å². The van der Waals surface area contributed by atoms with Crippen molar-refractivity contribution in [1.82, 2.24) is 57.4 Å². The van der Waals surface area contributed by atoms with Gasteiger partial charge in [0.05, 0.1) is 25.0 Å². The molecule has 29 heteroatoms. The first-order valence-electron chi connectivity index (χ1n) is 23.5. The molecule has 0 spiro atoms. The van der Waals surface area contributed by atoms with Crippen molar-refractivity contribution in [3.63, 3.8) is 0 Å². The van der Waals surface area contributed by atoms with Crippen LogP contribution in [0, 0.1) is 5.41 Å². The van der Waals surface area contributed by atoms with E-state index >= 15 is 0 Å². The largest absolute Gasteiger partial charge is 0.389 e. The molecule has 1 fully saturated rings. The smallest absolute Gasteiger partial charge is 0.264 e. The SMILES string of the molecule is C[C@H](NC(=O)[C@@H](NC(=O)[C@@H](N)CCCN)[C@@H](O)CN)C(=O)NCC(=O)N[C@H](CCCN)C(=O)N1CCC[C@H]1C(=O)NC(Cc1cnc[nH]1)C(=O)N[C@@H](CCCCN)C(=O)N/C(=C\CCNC(=N)N)C(N)=O. The number of hydrogen-bond donors (Lipinski definition) is 18. The van der Waals surface area contributed by atoms with Crippen LogP contribution < -0.4 is 82.7 Å². The van der Waals surface area contributed by atoms with E-state index in [9.17, 15) is 48.3 Å². The van der Waals surface area contributed by atoms with Crippen LogP contribution in [0.2, 0.25) is 0 Å². The van der Waals surface area contributed by atoms with Gasteiger partial charge in [-0.2, -0.15) is 0 Å². The van der Waals surface area contributed by atoms with Gasteiger partial charge in [-0.1, -0.05) is 6.08 Å². The molecular formula is C42H75N19O10. The summed E-state index contributed by atoms with van der Waals surface area (Å²) in [5.74, 6) is -7.49. The quantitative estimate of drug-likeness (QED) is 0.0135. The molecule has 0 aromatic carbocycles. The summed E-state index contributed by atoms with van der Waals surface area (Å²) in [5, 5.41) is 37.7. The van der Waals surface area contributed by atoms with E-state index in [0.717, 1.165) is 0 Å². The number of nitrogens with zero attached hydrogens (tertiary/aromatic N) is 2. The van der Waals surface area contributed by atoms with Gasteiger partial charge in [0.1, 0.15) is 41.9 Å². The second-order valence-corrected chi connectivity index (χ2v) is 16.8. The Morgan fingerprint density at radius 1 is 0.817 bits per heavy atom. The first-order chi connectivity index (χ1) is 33.8. The zero-order chi connectivity index (χ0) is 53.0. The molecule has 8 atom stereocenters. The second kappa shape index (κ2) is 32.2. The van der Waals surface area contributed by atoms with Crippen molar-refractivity contribution >= 4 is 59.1 Å². The number of aromatic amines is 1. The fourth-order valence-electron chi connectivity index (χ4n) is 7.20. The number of nitrogens with one attached hydrogen (secondary N) is 10. The van der Waals surface area contributed by atoms with Crippen molar-refractivity contribution < 1.29 is 48.3 Å². The Bertz CT molecular complexity index is 1970. The molecule has 0 bridgehead atoms. The third kappa shape index (κ3) is 21.4. The van der Waals surface area contributed by atoms with E-state index in [2.05, 4.69) is 52.5 Å². The van der Waals surface area contributed by atoms with E-state index in [-0.39, 0.29) is 82.8 Å². The lowest BCUT2D eigenvalue weighted by atomic mass is 10.1. The Labute approximate surface area is 411 Å². The van der Waals surface area contributed by atoms with Crippen molar-refractivity contribution in [3.8, 4) is 0 Å². The molecule has 9 amide bonds. The molecule has 2 heterocycles. The van der Waals surface area contributed by atoms with Crippen LogP contribution in [0.5, 0.6) is 0 Å². The van der Waals surface area contributed by atoms with Gasteiger partial charge in [0, 0.05) is 37.9 Å². The topological polar surface area (TPSA) is 508 Å². The molecule has 1 aliphatic heterocycles. The van der Waals surface area contributed by atoms with E-state index in [0.29, 0.717) is 37.9 Å². The minimum Gasteiger partial charge on any atom is -0.389 e. The van der Waals surface area contributed by atoms with Crippen LogP contribution in [0.15, 0.2) is 24.3 Å². The Balaban J connectivity index is 2.20. The fourth-order valence-corrected chi connectivity index (χ4v) is 7.20. The third-order valence-corrected chi connectivity index (χ3v) is 11.1. The number of guanidine groups is 1. The molecule has 29 nitrogen and oxygen atoms in total. The fraction of sp³-hybridized carbons (Fsp3) is 0.643. The number of hydrogen-bond acceptors (Lipinski definition) is 17. The maximum Gasteiger partial charge on any atom is 0.264 e. The number of amides is 9. The number of unbranched alkanes of at least 4 members (excludes halogenated alkanes) is 1. The van der Waals surface area contributed by atoms with Crippen LogP contribution >= 0.6 is 0 Å². The Kier molecular flexibility index (Phi) is 27.3. The highest BCUT2D eigenvalue weighted by atomic mass is 16.3. The van der Waals surface area contributed by atoms with Crippen molar-refractivity contribution in [2.24, 2.45) is 40.1 Å². The van der Waals surface area contributed by atoms with Gasteiger partial charge in [-0.25, -0.2) is 4.98 Å². The Morgan fingerprint density at radius 2 is 1.49 bits per heavy atom. The molecular weight excluding hydrogens is 931 g/mol. The first-order valence-corrected chi connectivity index (χ1v) is 23.5. The maximum atomic E-state index is 14.1. The van der Waals surface area contributed by atoms with Gasteiger partial charge >= 0.3 is 0 Å². The summed E-state index contributed by atoms with van der Waals surface area (Å²) in [4.78, 5) is 128. The molecule has 1 aromatic heterocycles. The van der Waals surface area contributed by atoms with Crippen molar-refractivity contribution in [1.29, 1.82) is 5.41 Å². The number of aromatic nitrogens is 2. The predicted octanol–water partition coefficient (Wildman–Crippen LogP) is -7.88. The minimum absolute atomic E-state index is 0.0548. The average Bonchev–Trinajstić information content (AvgIpc) is 4.06. The summed E-state index contributed by atoms with van der Waals surface area (Å²) in [7, 11) is 0. The summed E-state index contributed by atoms with van der Waals surface area (Å²) in [5.41, 5.74) is 39.3. The lowest BCUT2D eigenvalue weighted by Crippen LogP contribution is -2.60. The van der Waals surface area contributed by atoms with Crippen LogP contribution in [-0.4, -0.2) is 173 Å². The van der Waals surface area contributed by atoms with Crippen molar-refractivity contribution in [2.45, 2.75) is 126 Å². The van der Waals surface area contributed by atoms with Crippen LogP contribution in [0.3, 0.4) is 0 Å². The zero-order valence-corrected chi connectivity index (χ0v) is 40.1. The molecule has 25 N–H and O–H groups in total. The number of aliphatic hydroxyl groups excluding tert-OH is 1. The van der Waals surface area contributed by atoms with Crippen LogP contribution in [0.1, 0.15) is 76.8 Å². The van der Waals surface area contributed by atoms with Crippen molar-refractivity contribution in [2.75, 3.05) is 45.8 Å². The number of primary amides is 1. The molecule has 1 aromatic rings. The molecule has 0 radical (unpaired) electrons. The summed E-state index contributed by atoms with van der Waals surface area (Å²) in [6.45, 7) is 1.21. The number of likely N-dealkylation sites (tertiary alicyclic amines) is 1. The number of carbonyl (C=O) groups is 9. The summed E-state index contributed by atoms with van der Waals surface area (Å²) < 4.78 is 0. The zero-order valence-electron chi connectivity index (χ0n) is 40.1. The van der Waals surface area contributed by atoms with Crippen LogP contribution in [0.25, 0.3) is 0 Å². The molecule has 1 aliphatic rings. The number of rotatable bonds is 33. The Morgan fingerprint density at radius 3 is 2.11 bits per heavy atom. The lowest BCUT2D eigenvalue weighted by Gasteiger charge is -2.30. The molecule has 1 unspecified atom stereocenters. The number of carbonyl (C=O) groups excluding carboxylic acids is 9. The normalized spacial score (nSPS) is 16.4.